The molecule has 4 nitrogen and oxygen atoms in total. The van der Waals surface area contributed by atoms with Gasteiger partial charge in [0, 0.05) is 18.2 Å². The Kier molecular flexibility index (Phi) is 11.0. The summed E-state index contributed by atoms with van der Waals surface area (Å²) < 4.78 is 5.95. The minimum absolute atomic E-state index is 0.0948. The second kappa shape index (κ2) is 14.4. The van der Waals surface area contributed by atoms with Crippen LogP contribution in [0.5, 0.6) is 5.75 Å². The number of rotatable bonds is 14. The SMILES string of the molecule is CCc1ccc(C(=O)N(Cc2ccc(OCc3ccccc3)cc2)C(C)CCCN(CC)CC)cc1. The summed E-state index contributed by atoms with van der Waals surface area (Å²) in [5.74, 6) is 0.931. The van der Waals surface area contributed by atoms with E-state index in [0.29, 0.717) is 13.2 Å². The zero-order chi connectivity index (χ0) is 25.8. The second-order valence-electron chi connectivity index (χ2n) is 9.42. The lowest BCUT2D eigenvalue weighted by Crippen LogP contribution is -2.38. The third kappa shape index (κ3) is 8.23. The van der Waals surface area contributed by atoms with E-state index in [4.69, 9.17) is 4.74 Å². The lowest BCUT2D eigenvalue weighted by molar-refractivity contribution is 0.0662. The zero-order valence-corrected chi connectivity index (χ0v) is 22.5. The van der Waals surface area contributed by atoms with Crippen LogP contribution in [0.1, 0.15) is 67.6 Å². The van der Waals surface area contributed by atoms with Crippen LogP contribution in [0, 0.1) is 0 Å². The minimum Gasteiger partial charge on any atom is -0.489 e. The number of amides is 1. The first-order valence-corrected chi connectivity index (χ1v) is 13.4. The Morgan fingerprint density at radius 1 is 0.806 bits per heavy atom. The van der Waals surface area contributed by atoms with Gasteiger partial charge in [-0.3, -0.25) is 4.79 Å². The van der Waals surface area contributed by atoms with Crippen molar-refractivity contribution in [1.82, 2.24) is 9.80 Å². The number of carbonyl (C=O) groups is 1. The predicted octanol–water partition coefficient (Wildman–Crippen LogP) is 6.98. The first-order valence-electron chi connectivity index (χ1n) is 13.4. The maximum absolute atomic E-state index is 13.6. The molecule has 4 heteroatoms. The van der Waals surface area contributed by atoms with E-state index in [9.17, 15) is 4.79 Å². The number of carbonyl (C=O) groups excluding carboxylic acids is 1. The van der Waals surface area contributed by atoms with Crippen molar-refractivity contribution in [2.45, 2.75) is 66.2 Å². The van der Waals surface area contributed by atoms with Gasteiger partial charge in [0.15, 0.2) is 0 Å². The number of ether oxygens (including phenoxy) is 1. The Morgan fingerprint density at radius 2 is 1.44 bits per heavy atom. The molecule has 1 unspecified atom stereocenters. The number of nitrogens with zero attached hydrogens (tertiary/aromatic N) is 2. The Balaban J connectivity index is 1.69. The van der Waals surface area contributed by atoms with Crippen molar-refractivity contribution in [3.8, 4) is 5.75 Å². The predicted molar refractivity (Wildman–Crippen MR) is 149 cm³/mol. The summed E-state index contributed by atoms with van der Waals surface area (Å²) in [6.45, 7) is 13.0. The normalized spacial score (nSPS) is 11.9. The molecule has 1 amide bonds. The molecule has 0 bridgehead atoms. The molecular weight excluding hydrogens is 444 g/mol. The molecule has 3 rings (SSSR count). The lowest BCUT2D eigenvalue weighted by atomic mass is 10.0. The van der Waals surface area contributed by atoms with Gasteiger partial charge in [-0.1, -0.05) is 75.4 Å². The number of hydrogen-bond acceptors (Lipinski definition) is 3. The molecule has 3 aromatic carbocycles. The van der Waals surface area contributed by atoms with E-state index in [-0.39, 0.29) is 11.9 Å². The molecule has 0 saturated heterocycles. The highest BCUT2D eigenvalue weighted by molar-refractivity contribution is 5.94. The maximum Gasteiger partial charge on any atom is 0.254 e. The first-order chi connectivity index (χ1) is 17.5. The van der Waals surface area contributed by atoms with Crippen LogP contribution in [0.2, 0.25) is 0 Å². The Bertz CT molecular complexity index is 1030. The Hall–Kier alpha value is -3.11. The molecule has 1 atom stereocenters. The van der Waals surface area contributed by atoms with E-state index >= 15 is 0 Å². The van der Waals surface area contributed by atoms with Crippen LogP contribution in [-0.2, 0) is 19.6 Å². The molecule has 0 spiro atoms. The summed E-state index contributed by atoms with van der Waals surface area (Å²) in [5.41, 5.74) is 4.25. The van der Waals surface area contributed by atoms with Crippen molar-refractivity contribution in [1.29, 1.82) is 0 Å². The van der Waals surface area contributed by atoms with Gasteiger partial charge in [-0.05, 0) is 86.8 Å². The first kappa shape index (κ1) is 27.5. The summed E-state index contributed by atoms with van der Waals surface area (Å²) in [5, 5.41) is 0. The molecule has 0 fully saturated rings. The average molecular weight is 487 g/mol. The van der Waals surface area contributed by atoms with E-state index < -0.39 is 0 Å². The molecule has 0 N–H and O–H groups in total. The van der Waals surface area contributed by atoms with Gasteiger partial charge in [0.1, 0.15) is 12.4 Å². The van der Waals surface area contributed by atoms with Gasteiger partial charge in [0.25, 0.3) is 5.91 Å². The standard InChI is InChI=1S/C32H42N2O2/c1-5-27-15-19-30(20-16-27)32(35)34(26(4)12-11-23-33(6-2)7-3)24-28-17-21-31(22-18-28)36-25-29-13-9-8-10-14-29/h8-10,13-22,26H,5-7,11-12,23-25H2,1-4H3. The molecule has 0 saturated carbocycles. The number of aryl methyl sites for hydroxylation is 1. The summed E-state index contributed by atoms with van der Waals surface area (Å²) in [6.07, 6.45) is 3.03. The van der Waals surface area contributed by atoms with E-state index in [0.717, 1.165) is 61.3 Å². The van der Waals surface area contributed by atoms with Crippen molar-refractivity contribution in [2.24, 2.45) is 0 Å². The van der Waals surface area contributed by atoms with Crippen LogP contribution in [0.25, 0.3) is 0 Å². The molecule has 36 heavy (non-hydrogen) atoms. The fourth-order valence-corrected chi connectivity index (χ4v) is 4.41. The Morgan fingerprint density at radius 3 is 2.06 bits per heavy atom. The van der Waals surface area contributed by atoms with Crippen molar-refractivity contribution in [2.75, 3.05) is 19.6 Å². The van der Waals surface area contributed by atoms with Gasteiger partial charge >= 0.3 is 0 Å². The highest BCUT2D eigenvalue weighted by Gasteiger charge is 2.22. The largest absolute Gasteiger partial charge is 0.489 e. The summed E-state index contributed by atoms with van der Waals surface area (Å²) in [6, 6.07) is 26.5. The van der Waals surface area contributed by atoms with Crippen LogP contribution in [0.15, 0.2) is 78.9 Å². The summed E-state index contributed by atoms with van der Waals surface area (Å²) in [7, 11) is 0. The quantitative estimate of drug-likeness (QED) is 0.246. The van der Waals surface area contributed by atoms with E-state index in [2.05, 4.69) is 69.0 Å². The van der Waals surface area contributed by atoms with Crippen molar-refractivity contribution in [3.05, 3.63) is 101 Å². The smallest absolute Gasteiger partial charge is 0.254 e. The van der Waals surface area contributed by atoms with Crippen LogP contribution in [0.3, 0.4) is 0 Å². The average Bonchev–Trinajstić information content (AvgIpc) is 2.93. The van der Waals surface area contributed by atoms with Gasteiger partial charge in [-0.25, -0.2) is 0 Å². The molecule has 0 aliphatic carbocycles. The monoisotopic (exact) mass is 486 g/mol. The van der Waals surface area contributed by atoms with Gasteiger partial charge in [-0.2, -0.15) is 0 Å². The summed E-state index contributed by atoms with van der Waals surface area (Å²) >= 11 is 0. The molecule has 0 aromatic heterocycles. The van der Waals surface area contributed by atoms with Crippen LogP contribution < -0.4 is 4.74 Å². The fraction of sp³-hybridized carbons (Fsp3) is 0.406. The lowest BCUT2D eigenvalue weighted by Gasteiger charge is -2.30. The molecule has 0 aliphatic rings. The molecule has 0 heterocycles. The van der Waals surface area contributed by atoms with Gasteiger partial charge in [0.2, 0.25) is 0 Å². The zero-order valence-electron chi connectivity index (χ0n) is 22.5. The molecule has 192 valence electrons. The molecular formula is C32H42N2O2. The Labute approximate surface area is 217 Å². The third-order valence-electron chi connectivity index (χ3n) is 6.92. The van der Waals surface area contributed by atoms with E-state index in [1.165, 1.54) is 5.56 Å². The fourth-order valence-electron chi connectivity index (χ4n) is 4.41. The van der Waals surface area contributed by atoms with Crippen LogP contribution in [-0.4, -0.2) is 41.4 Å². The van der Waals surface area contributed by atoms with Crippen molar-refractivity contribution in [3.63, 3.8) is 0 Å². The second-order valence-corrected chi connectivity index (χ2v) is 9.42. The summed E-state index contributed by atoms with van der Waals surface area (Å²) in [4.78, 5) is 18.1. The molecule has 0 aliphatic heterocycles. The molecule has 3 aromatic rings. The highest BCUT2D eigenvalue weighted by Crippen LogP contribution is 2.20. The van der Waals surface area contributed by atoms with Gasteiger partial charge in [0.05, 0.1) is 0 Å². The number of benzene rings is 3. The van der Waals surface area contributed by atoms with Crippen molar-refractivity contribution >= 4 is 5.91 Å². The topological polar surface area (TPSA) is 32.8 Å². The van der Waals surface area contributed by atoms with Crippen molar-refractivity contribution < 1.29 is 9.53 Å². The van der Waals surface area contributed by atoms with Crippen LogP contribution >= 0.6 is 0 Å². The minimum atomic E-state index is 0.0948. The van der Waals surface area contributed by atoms with Gasteiger partial charge < -0.3 is 14.5 Å². The van der Waals surface area contributed by atoms with E-state index in [1.807, 2.05) is 47.4 Å². The highest BCUT2D eigenvalue weighted by atomic mass is 16.5. The van der Waals surface area contributed by atoms with Gasteiger partial charge in [-0.15, -0.1) is 0 Å². The third-order valence-corrected chi connectivity index (χ3v) is 6.92. The van der Waals surface area contributed by atoms with Crippen LogP contribution in [0.4, 0.5) is 0 Å². The maximum atomic E-state index is 13.6. The number of hydrogen-bond donors (Lipinski definition) is 0. The van der Waals surface area contributed by atoms with E-state index in [1.54, 1.807) is 0 Å². The molecule has 0 radical (unpaired) electrons.